The lowest BCUT2D eigenvalue weighted by Crippen LogP contribution is -2.38. The molecule has 1 aliphatic heterocycles. The summed E-state index contributed by atoms with van der Waals surface area (Å²) in [6.45, 7) is 7.71. The number of benzene rings is 1. The van der Waals surface area contributed by atoms with E-state index in [0.29, 0.717) is 0 Å². The van der Waals surface area contributed by atoms with Crippen molar-refractivity contribution in [1.82, 2.24) is 0 Å². The van der Waals surface area contributed by atoms with Gasteiger partial charge in [-0.25, -0.2) is 0 Å². The fraction of sp³-hybridized carbons (Fsp3) is 0.682. The predicted molar refractivity (Wildman–Crippen MR) is 101 cm³/mol. The van der Waals surface area contributed by atoms with E-state index in [1.54, 1.807) is 0 Å². The molecule has 0 atom stereocenters. The van der Waals surface area contributed by atoms with Crippen molar-refractivity contribution in [3.63, 3.8) is 0 Å². The van der Waals surface area contributed by atoms with Gasteiger partial charge in [-0.15, -0.1) is 0 Å². The largest absolute Gasteiger partial charge is 0.350 e. The van der Waals surface area contributed by atoms with E-state index in [1.165, 1.54) is 62.0 Å². The van der Waals surface area contributed by atoms with Gasteiger partial charge >= 0.3 is 0 Å². The van der Waals surface area contributed by atoms with Crippen LogP contribution in [0.1, 0.15) is 76.8 Å². The zero-order valence-electron chi connectivity index (χ0n) is 15.9. The molecule has 0 unspecified atom stereocenters. The van der Waals surface area contributed by atoms with Crippen LogP contribution in [0.3, 0.4) is 0 Å². The molecule has 1 saturated heterocycles. The van der Waals surface area contributed by atoms with Gasteiger partial charge in [0.05, 0.1) is 13.2 Å². The summed E-state index contributed by atoms with van der Waals surface area (Å²) in [7, 11) is 0. The van der Waals surface area contributed by atoms with Gasteiger partial charge in [0.15, 0.2) is 5.79 Å². The summed E-state index contributed by atoms with van der Waals surface area (Å²) in [6.07, 6.45) is 11.6. The Morgan fingerprint density at radius 1 is 0.750 bits per heavy atom. The number of hydrogen-bond acceptors (Lipinski definition) is 2. The van der Waals surface area contributed by atoms with Crippen LogP contribution in [0.2, 0.25) is 0 Å². The molecule has 1 fully saturated rings. The van der Waals surface area contributed by atoms with Crippen molar-refractivity contribution in [3.05, 3.63) is 41.3 Å². The van der Waals surface area contributed by atoms with E-state index in [2.05, 4.69) is 31.2 Å². The van der Waals surface area contributed by atoms with Gasteiger partial charge in [0, 0.05) is 5.92 Å². The molecule has 1 aromatic rings. The molecule has 24 heavy (non-hydrogen) atoms. The van der Waals surface area contributed by atoms with Gasteiger partial charge in [0.2, 0.25) is 0 Å². The third-order valence-corrected chi connectivity index (χ3v) is 4.86. The Hall–Kier alpha value is -0.860. The third-order valence-electron chi connectivity index (χ3n) is 4.86. The van der Waals surface area contributed by atoms with Gasteiger partial charge in [0.25, 0.3) is 0 Å². The Balaban J connectivity index is 1.61. The van der Waals surface area contributed by atoms with E-state index in [4.69, 9.17) is 9.47 Å². The molecule has 1 aliphatic rings. The summed E-state index contributed by atoms with van der Waals surface area (Å²) in [4.78, 5) is 0. The van der Waals surface area contributed by atoms with E-state index in [1.807, 2.05) is 13.8 Å². The topological polar surface area (TPSA) is 18.5 Å². The Kier molecular flexibility index (Phi) is 8.28. The van der Waals surface area contributed by atoms with Crippen LogP contribution in [0.15, 0.2) is 24.3 Å². The monoisotopic (exact) mass is 331 g/mol. The van der Waals surface area contributed by atoms with Crippen LogP contribution >= 0.6 is 0 Å². The van der Waals surface area contributed by atoms with Gasteiger partial charge in [-0.3, -0.25) is 0 Å². The summed E-state index contributed by atoms with van der Waals surface area (Å²) < 4.78 is 11.4. The molecule has 1 radical (unpaired) electrons. The van der Waals surface area contributed by atoms with Crippen LogP contribution in [-0.2, 0) is 22.3 Å². The van der Waals surface area contributed by atoms with Gasteiger partial charge in [-0.05, 0) is 50.7 Å². The average molecular weight is 332 g/mol. The van der Waals surface area contributed by atoms with Gasteiger partial charge in [0.1, 0.15) is 0 Å². The van der Waals surface area contributed by atoms with E-state index >= 15 is 0 Å². The molecule has 2 rings (SSSR count). The van der Waals surface area contributed by atoms with Gasteiger partial charge in [-0.2, -0.15) is 0 Å². The lowest BCUT2D eigenvalue weighted by Gasteiger charge is -2.34. The number of unbranched alkanes of at least 4 members (excludes halogenated alkanes) is 5. The van der Waals surface area contributed by atoms with Crippen molar-refractivity contribution in [2.24, 2.45) is 0 Å². The highest BCUT2D eigenvalue weighted by molar-refractivity contribution is 5.23. The van der Waals surface area contributed by atoms with E-state index < -0.39 is 5.79 Å². The zero-order chi connectivity index (χ0) is 17.3. The van der Waals surface area contributed by atoms with Crippen LogP contribution in [0.4, 0.5) is 0 Å². The lowest BCUT2D eigenvalue weighted by molar-refractivity contribution is -0.236. The number of hydrogen-bond donors (Lipinski definition) is 0. The summed E-state index contributed by atoms with van der Waals surface area (Å²) in [5.41, 5.74) is 2.90. The fourth-order valence-corrected chi connectivity index (χ4v) is 3.08. The first-order chi connectivity index (χ1) is 11.6. The molecule has 135 valence electrons. The quantitative estimate of drug-likeness (QED) is 0.498. The molecule has 0 aromatic heterocycles. The van der Waals surface area contributed by atoms with Crippen molar-refractivity contribution in [3.8, 4) is 0 Å². The normalized spacial score (nSPS) is 18.0. The number of ether oxygens (including phenoxy) is 2. The van der Waals surface area contributed by atoms with Crippen LogP contribution < -0.4 is 0 Å². The molecule has 0 N–H and O–H groups in total. The molecule has 1 heterocycles. The van der Waals surface area contributed by atoms with Crippen LogP contribution in [0.5, 0.6) is 0 Å². The molecule has 0 saturated carbocycles. The van der Waals surface area contributed by atoms with Crippen LogP contribution in [-0.4, -0.2) is 19.0 Å². The van der Waals surface area contributed by atoms with E-state index in [0.717, 1.165) is 26.1 Å². The Morgan fingerprint density at radius 2 is 1.29 bits per heavy atom. The molecule has 0 amide bonds. The second-order valence-electron chi connectivity index (χ2n) is 7.56. The molecular weight excluding hydrogens is 296 g/mol. The minimum absolute atomic E-state index is 0.415. The highest BCUT2D eigenvalue weighted by Gasteiger charge is 2.28. The second kappa shape index (κ2) is 10.2. The molecule has 0 bridgehead atoms. The summed E-state index contributed by atoms with van der Waals surface area (Å²) in [6, 6.07) is 9.20. The molecule has 0 spiro atoms. The second-order valence-corrected chi connectivity index (χ2v) is 7.56. The standard InChI is InChI=1S/C22H35O2/c1-4-5-6-7-8-9-10-19-11-13-20(14-12-19)15-16-21-17-23-22(2,3)24-18-21/h11-14H,4-10,15-18H2,1-3H3. The van der Waals surface area contributed by atoms with Crippen molar-refractivity contribution in [1.29, 1.82) is 0 Å². The minimum atomic E-state index is -0.415. The maximum atomic E-state index is 5.71. The first kappa shape index (κ1) is 19.5. The maximum absolute atomic E-state index is 5.71. The lowest BCUT2D eigenvalue weighted by atomic mass is 9.98. The van der Waals surface area contributed by atoms with Crippen LogP contribution in [0, 0.1) is 5.92 Å². The molecule has 2 nitrogen and oxygen atoms in total. The summed E-state index contributed by atoms with van der Waals surface area (Å²) in [5.74, 6) is 0.951. The molecule has 1 aromatic carbocycles. The summed E-state index contributed by atoms with van der Waals surface area (Å²) in [5, 5.41) is 0. The fourth-order valence-electron chi connectivity index (χ4n) is 3.08. The highest BCUT2D eigenvalue weighted by Crippen LogP contribution is 2.25. The number of rotatable bonds is 10. The zero-order valence-corrected chi connectivity index (χ0v) is 15.9. The van der Waals surface area contributed by atoms with Crippen molar-refractivity contribution >= 4 is 0 Å². The first-order valence-corrected chi connectivity index (χ1v) is 9.78. The smallest absolute Gasteiger partial charge is 0.162 e. The molecule has 2 heteroatoms. The Labute approximate surface area is 148 Å². The maximum Gasteiger partial charge on any atom is 0.162 e. The number of aryl methyl sites for hydroxylation is 2. The van der Waals surface area contributed by atoms with Crippen molar-refractivity contribution in [2.45, 2.75) is 84.3 Å². The minimum Gasteiger partial charge on any atom is -0.350 e. The predicted octanol–water partition coefficient (Wildman–Crippen LogP) is 5.88. The first-order valence-electron chi connectivity index (χ1n) is 9.78. The Morgan fingerprint density at radius 3 is 1.92 bits per heavy atom. The molecular formula is C22H35O2. The Bertz CT molecular complexity index is 440. The van der Waals surface area contributed by atoms with Crippen molar-refractivity contribution < 1.29 is 9.47 Å². The van der Waals surface area contributed by atoms with E-state index in [9.17, 15) is 0 Å². The SMILES string of the molecule is CCCCCCCCc1ccc(CC[C]2COC(C)(C)OC2)cc1. The van der Waals surface area contributed by atoms with Gasteiger partial charge < -0.3 is 9.47 Å². The van der Waals surface area contributed by atoms with Gasteiger partial charge in [-0.1, -0.05) is 63.3 Å². The molecule has 0 aliphatic carbocycles. The van der Waals surface area contributed by atoms with Crippen molar-refractivity contribution in [2.75, 3.05) is 13.2 Å². The average Bonchev–Trinajstić information content (AvgIpc) is 2.58. The summed E-state index contributed by atoms with van der Waals surface area (Å²) >= 11 is 0. The third kappa shape index (κ3) is 7.36. The highest BCUT2D eigenvalue weighted by atomic mass is 16.7. The van der Waals surface area contributed by atoms with Crippen LogP contribution in [0.25, 0.3) is 0 Å². The van der Waals surface area contributed by atoms with E-state index in [-0.39, 0.29) is 0 Å².